The van der Waals surface area contributed by atoms with E-state index in [-0.39, 0.29) is 11.3 Å². The Morgan fingerprint density at radius 3 is 2.87 bits per heavy atom. The van der Waals surface area contributed by atoms with Crippen molar-refractivity contribution in [1.29, 1.82) is 0 Å². The van der Waals surface area contributed by atoms with E-state index < -0.39 is 5.82 Å². The van der Waals surface area contributed by atoms with Crippen LogP contribution in [0.2, 0.25) is 0 Å². The molecule has 0 aliphatic carbocycles. The van der Waals surface area contributed by atoms with E-state index in [1.54, 1.807) is 12.4 Å². The maximum Gasteiger partial charge on any atom is 0.206 e. The van der Waals surface area contributed by atoms with Crippen molar-refractivity contribution in [3.63, 3.8) is 0 Å². The zero-order valence-corrected chi connectivity index (χ0v) is 8.71. The predicted molar refractivity (Wildman–Crippen MR) is 54.5 cm³/mol. The summed E-state index contributed by atoms with van der Waals surface area (Å²) < 4.78 is 12.8. The Labute approximate surface area is 89.6 Å². The Hall–Kier alpha value is -1.62. The molecule has 0 atom stereocenters. The molecule has 0 aliphatic heterocycles. The van der Waals surface area contributed by atoms with E-state index in [9.17, 15) is 9.18 Å². The highest BCUT2D eigenvalue weighted by Gasteiger charge is 2.14. The normalized spacial score (nSPS) is 10.3. The molecule has 0 aliphatic rings. The first-order valence-corrected chi connectivity index (χ1v) is 5.12. The van der Waals surface area contributed by atoms with Gasteiger partial charge in [0.1, 0.15) is 5.82 Å². The monoisotopic (exact) mass is 222 g/mol. The van der Waals surface area contributed by atoms with Crippen LogP contribution in [0.25, 0.3) is 0 Å². The van der Waals surface area contributed by atoms with Crippen molar-refractivity contribution in [1.82, 2.24) is 9.97 Å². The van der Waals surface area contributed by atoms with Gasteiger partial charge in [-0.15, -0.1) is 11.3 Å². The topological polar surface area (TPSA) is 42.9 Å². The van der Waals surface area contributed by atoms with Gasteiger partial charge in [-0.1, -0.05) is 0 Å². The van der Waals surface area contributed by atoms with Gasteiger partial charge >= 0.3 is 0 Å². The van der Waals surface area contributed by atoms with Crippen molar-refractivity contribution in [3.8, 4) is 0 Å². The van der Waals surface area contributed by atoms with Crippen molar-refractivity contribution in [2.45, 2.75) is 6.92 Å². The van der Waals surface area contributed by atoms with E-state index in [1.165, 1.54) is 23.6 Å². The van der Waals surface area contributed by atoms with E-state index in [0.717, 1.165) is 6.20 Å². The maximum absolute atomic E-state index is 12.8. The summed E-state index contributed by atoms with van der Waals surface area (Å²) >= 11 is 1.25. The quantitative estimate of drug-likeness (QED) is 0.732. The first-order chi connectivity index (χ1) is 7.18. The number of aryl methyl sites for hydroxylation is 1. The summed E-state index contributed by atoms with van der Waals surface area (Å²) in [6.07, 6.45) is 2.42. The zero-order chi connectivity index (χ0) is 10.8. The van der Waals surface area contributed by atoms with Crippen LogP contribution in [0.3, 0.4) is 0 Å². The molecule has 2 aromatic heterocycles. The lowest BCUT2D eigenvalue weighted by Crippen LogP contribution is -2.02. The summed E-state index contributed by atoms with van der Waals surface area (Å²) in [5.74, 6) is -0.745. The largest absolute Gasteiger partial charge is 0.288 e. The molecule has 0 saturated carbocycles. The van der Waals surface area contributed by atoms with E-state index >= 15 is 0 Å². The van der Waals surface area contributed by atoms with Crippen LogP contribution in [-0.4, -0.2) is 15.8 Å². The number of carbonyl (C=O) groups excluding carboxylic acids is 1. The third-order valence-electron chi connectivity index (χ3n) is 1.92. The average Bonchev–Trinajstić information content (AvgIpc) is 2.63. The molecule has 0 spiro atoms. The molecule has 3 nitrogen and oxygen atoms in total. The fourth-order valence-corrected chi connectivity index (χ4v) is 1.95. The molecule has 2 aromatic rings. The number of hydrogen-bond donors (Lipinski definition) is 0. The molecule has 0 fully saturated rings. The van der Waals surface area contributed by atoms with Crippen molar-refractivity contribution >= 4 is 17.1 Å². The number of hydrogen-bond acceptors (Lipinski definition) is 4. The van der Waals surface area contributed by atoms with Crippen LogP contribution >= 0.6 is 11.3 Å². The van der Waals surface area contributed by atoms with Crippen LogP contribution in [-0.2, 0) is 0 Å². The average molecular weight is 222 g/mol. The Morgan fingerprint density at radius 2 is 2.27 bits per heavy atom. The van der Waals surface area contributed by atoms with Gasteiger partial charge in [-0.2, -0.15) is 0 Å². The summed E-state index contributed by atoms with van der Waals surface area (Å²) in [5, 5.41) is 0. The van der Waals surface area contributed by atoms with Gasteiger partial charge in [0.25, 0.3) is 0 Å². The smallest absolute Gasteiger partial charge is 0.206 e. The fourth-order valence-electron chi connectivity index (χ4n) is 1.19. The summed E-state index contributed by atoms with van der Waals surface area (Å²) in [5.41, 5.74) is 2.51. The van der Waals surface area contributed by atoms with Crippen molar-refractivity contribution in [2.75, 3.05) is 0 Å². The van der Waals surface area contributed by atoms with Gasteiger partial charge in [-0.25, -0.2) is 9.37 Å². The molecule has 0 unspecified atom stereocenters. The van der Waals surface area contributed by atoms with Crippen LogP contribution in [0.1, 0.15) is 20.9 Å². The minimum absolute atomic E-state index is 0.234. The Balaban J connectivity index is 2.41. The minimum atomic E-state index is -0.511. The molecule has 0 radical (unpaired) electrons. The molecule has 0 bridgehead atoms. The number of thiazole rings is 1. The molecule has 0 saturated heterocycles. The third-order valence-corrected chi connectivity index (χ3v) is 2.85. The molecule has 0 aromatic carbocycles. The first kappa shape index (κ1) is 9.92. The van der Waals surface area contributed by atoms with Gasteiger partial charge < -0.3 is 0 Å². The minimum Gasteiger partial charge on any atom is -0.288 e. The number of pyridine rings is 1. The summed E-state index contributed by atoms with van der Waals surface area (Å²) in [4.78, 5) is 20.0. The summed E-state index contributed by atoms with van der Waals surface area (Å²) in [6, 6.07) is 1.18. The van der Waals surface area contributed by atoms with Gasteiger partial charge in [-0.05, 0) is 13.0 Å². The molecule has 5 heteroatoms. The summed E-state index contributed by atoms with van der Waals surface area (Å²) in [7, 11) is 0. The number of rotatable bonds is 2. The van der Waals surface area contributed by atoms with Crippen LogP contribution in [0.4, 0.5) is 4.39 Å². The summed E-state index contributed by atoms with van der Waals surface area (Å²) in [6.45, 7) is 1.75. The van der Waals surface area contributed by atoms with Gasteiger partial charge in [0.15, 0.2) is 0 Å². The molecule has 0 N–H and O–H groups in total. The molecule has 2 heterocycles. The van der Waals surface area contributed by atoms with Crippen molar-refractivity contribution < 1.29 is 9.18 Å². The number of aromatic nitrogens is 2. The maximum atomic E-state index is 12.8. The van der Waals surface area contributed by atoms with Gasteiger partial charge in [0.05, 0.1) is 22.3 Å². The van der Waals surface area contributed by atoms with E-state index in [2.05, 4.69) is 9.97 Å². The standard InChI is InChI=1S/C10H7FN2OS/c1-6-10(15-5-13-6)9(14)7-2-8(11)4-12-3-7/h2-5H,1H3. The SMILES string of the molecule is Cc1ncsc1C(=O)c1cncc(F)c1. The highest BCUT2D eigenvalue weighted by molar-refractivity contribution is 7.12. The second-order valence-corrected chi connectivity index (χ2v) is 3.84. The molecule has 0 amide bonds. The van der Waals surface area contributed by atoms with E-state index in [4.69, 9.17) is 0 Å². The van der Waals surface area contributed by atoms with E-state index in [0.29, 0.717) is 10.6 Å². The second kappa shape index (κ2) is 3.86. The van der Waals surface area contributed by atoms with Gasteiger partial charge in [0, 0.05) is 11.8 Å². The lowest BCUT2D eigenvalue weighted by Gasteiger charge is -1.98. The first-order valence-electron chi connectivity index (χ1n) is 4.24. The number of carbonyl (C=O) groups is 1. The Bertz CT molecular complexity index is 510. The number of halogens is 1. The molecule has 76 valence electrons. The van der Waals surface area contributed by atoms with Crippen LogP contribution in [0.5, 0.6) is 0 Å². The lowest BCUT2D eigenvalue weighted by molar-refractivity contribution is 0.104. The van der Waals surface area contributed by atoms with Crippen molar-refractivity contribution in [3.05, 3.63) is 45.9 Å². The Morgan fingerprint density at radius 1 is 1.47 bits per heavy atom. The van der Waals surface area contributed by atoms with Crippen LogP contribution < -0.4 is 0 Å². The third kappa shape index (κ3) is 1.92. The fraction of sp³-hybridized carbons (Fsp3) is 0.100. The van der Waals surface area contributed by atoms with Gasteiger partial charge in [-0.3, -0.25) is 9.78 Å². The molecule has 2 rings (SSSR count). The van der Waals surface area contributed by atoms with E-state index in [1.807, 2.05) is 0 Å². The zero-order valence-electron chi connectivity index (χ0n) is 7.90. The molecular weight excluding hydrogens is 215 g/mol. The predicted octanol–water partition coefficient (Wildman–Crippen LogP) is 2.22. The highest BCUT2D eigenvalue weighted by atomic mass is 32.1. The second-order valence-electron chi connectivity index (χ2n) is 2.99. The number of ketones is 1. The molecule has 15 heavy (non-hydrogen) atoms. The van der Waals surface area contributed by atoms with Crippen molar-refractivity contribution in [2.24, 2.45) is 0 Å². The highest BCUT2D eigenvalue weighted by Crippen LogP contribution is 2.17. The molecular formula is C10H7FN2OS. The van der Waals surface area contributed by atoms with Crippen LogP contribution in [0, 0.1) is 12.7 Å². The Kier molecular flexibility index (Phi) is 2.55. The number of nitrogens with zero attached hydrogens (tertiary/aromatic N) is 2. The van der Waals surface area contributed by atoms with Crippen LogP contribution in [0.15, 0.2) is 24.0 Å². The van der Waals surface area contributed by atoms with Gasteiger partial charge in [0.2, 0.25) is 5.78 Å². The lowest BCUT2D eigenvalue weighted by atomic mass is 10.1.